The Morgan fingerprint density at radius 1 is 1.62 bits per heavy atom. The van der Waals surface area contributed by atoms with Crippen LogP contribution < -0.4 is 4.90 Å². The number of hydrogen-bond acceptors (Lipinski definition) is 3. The van der Waals surface area contributed by atoms with Crippen molar-refractivity contribution in [2.24, 2.45) is 0 Å². The van der Waals surface area contributed by atoms with Crippen LogP contribution in [-0.4, -0.2) is 28.9 Å². The third-order valence-corrected chi connectivity index (χ3v) is 1.82. The van der Waals surface area contributed by atoms with Crippen LogP contribution in [0.3, 0.4) is 0 Å². The Kier molecular flexibility index (Phi) is 3.48. The van der Waals surface area contributed by atoms with Crippen LogP contribution in [0.15, 0.2) is 12.3 Å². The monoisotopic (exact) mass is 199 g/mol. The Morgan fingerprint density at radius 3 is 2.85 bits per heavy atom. The van der Waals surface area contributed by atoms with Gasteiger partial charge in [-0.05, 0) is 19.9 Å². The largest absolute Gasteiger partial charge is 0.358 e. The van der Waals surface area contributed by atoms with E-state index in [1.54, 1.807) is 6.20 Å². The maximum atomic E-state index is 5.88. The van der Waals surface area contributed by atoms with Gasteiger partial charge in [-0.1, -0.05) is 0 Å². The molecule has 0 aliphatic carbocycles. The Bertz CT molecular complexity index is 275. The van der Waals surface area contributed by atoms with Gasteiger partial charge < -0.3 is 4.90 Å². The molecule has 13 heavy (non-hydrogen) atoms. The van der Waals surface area contributed by atoms with Gasteiger partial charge in [0.25, 0.3) is 0 Å². The van der Waals surface area contributed by atoms with Gasteiger partial charge >= 0.3 is 0 Å². The van der Waals surface area contributed by atoms with E-state index in [0.717, 1.165) is 18.2 Å². The molecular formula is C9H14ClN3. The zero-order valence-corrected chi connectivity index (χ0v) is 8.91. The predicted octanol–water partition coefficient (Wildman–Crippen LogP) is 1.85. The molecule has 1 aromatic heterocycles. The van der Waals surface area contributed by atoms with Gasteiger partial charge in [-0.15, -0.1) is 11.6 Å². The minimum atomic E-state index is 0.125. The number of aromatic nitrogens is 2. The van der Waals surface area contributed by atoms with E-state index in [4.69, 9.17) is 11.6 Å². The van der Waals surface area contributed by atoms with Crippen LogP contribution in [0.25, 0.3) is 0 Å². The van der Waals surface area contributed by atoms with E-state index in [0.29, 0.717) is 0 Å². The van der Waals surface area contributed by atoms with Crippen molar-refractivity contribution in [3.8, 4) is 0 Å². The van der Waals surface area contributed by atoms with E-state index in [-0.39, 0.29) is 5.38 Å². The van der Waals surface area contributed by atoms with Gasteiger partial charge in [-0.3, -0.25) is 0 Å². The van der Waals surface area contributed by atoms with Crippen molar-refractivity contribution in [2.45, 2.75) is 19.2 Å². The molecule has 0 spiro atoms. The highest BCUT2D eigenvalue weighted by atomic mass is 35.5. The van der Waals surface area contributed by atoms with Gasteiger partial charge in [0.2, 0.25) is 0 Å². The first-order valence-corrected chi connectivity index (χ1v) is 4.68. The highest BCUT2D eigenvalue weighted by Gasteiger charge is 2.05. The van der Waals surface area contributed by atoms with E-state index in [9.17, 15) is 0 Å². The Labute approximate surface area is 83.8 Å². The van der Waals surface area contributed by atoms with Crippen LogP contribution in [0.5, 0.6) is 0 Å². The van der Waals surface area contributed by atoms with Gasteiger partial charge in [-0.25, -0.2) is 9.97 Å². The molecule has 0 radical (unpaired) electrons. The van der Waals surface area contributed by atoms with Crippen LogP contribution in [0.1, 0.15) is 12.7 Å². The molecule has 1 aromatic rings. The summed E-state index contributed by atoms with van der Waals surface area (Å²) in [5, 5.41) is 0.125. The molecule has 0 saturated heterocycles. The summed E-state index contributed by atoms with van der Waals surface area (Å²) in [6, 6.07) is 1.88. The lowest BCUT2D eigenvalue weighted by Gasteiger charge is -2.19. The molecule has 0 N–H and O–H groups in total. The summed E-state index contributed by atoms with van der Waals surface area (Å²) in [4.78, 5) is 10.3. The van der Waals surface area contributed by atoms with Gasteiger partial charge in [0.05, 0.1) is 0 Å². The average Bonchev–Trinajstić information content (AvgIpc) is 2.03. The van der Waals surface area contributed by atoms with Crippen LogP contribution in [0.4, 0.5) is 5.82 Å². The van der Waals surface area contributed by atoms with Gasteiger partial charge in [0, 0.05) is 25.2 Å². The van der Waals surface area contributed by atoms with Crippen LogP contribution in [0, 0.1) is 6.92 Å². The van der Waals surface area contributed by atoms with Gasteiger partial charge in [0.15, 0.2) is 0 Å². The van der Waals surface area contributed by atoms with E-state index >= 15 is 0 Å². The Morgan fingerprint density at radius 2 is 2.31 bits per heavy atom. The first kappa shape index (κ1) is 10.3. The van der Waals surface area contributed by atoms with Crippen molar-refractivity contribution >= 4 is 17.4 Å². The van der Waals surface area contributed by atoms with Crippen molar-refractivity contribution in [1.82, 2.24) is 9.97 Å². The summed E-state index contributed by atoms with van der Waals surface area (Å²) < 4.78 is 0. The average molecular weight is 200 g/mol. The number of alkyl halides is 1. The molecule has 0 amide bonds. The standard InChI is InChI=1S/C9H14ClN3/c1-7(10)6-13(3)9-4-5-11-8(2)12-9/h4-5,7H,6H2,1-3H3. The van der Waals surface area contributed by atoms with E-state index < -0.39 is 0 Å². The number of nitrogens with zero attached hydrogens (tertiary/aromatic N) is 3. The second kappa shape index (κ2) is 4.42. The lowest BCUT2D eigenvalue weighted by molar-refractivity contribution is 0.835. The maximum Gasteiger partial charge on any atom is 0.132 e. The minimum Gasteiger partial charge on any atom is -0.358 e. The van der Waals surface area contributed by atoms with Crippen LogP contribution in [0.2, 0.25) is 0 Å². The van der Waals surface area contributed by atoms with E-state index in [1.807, 2.05) is 31.9 Å². The van der Waals surface area contributed by atoms with Gasteiger partial charge in [0.1, 0.15) is 11.6 Å². The van der Waals surface area contributed by atoms with Crippen LogP contribution in [-0.2, 0) is 0 Å². The predicted molar refractivity (Wildman–Crippen MR) is 55.4 cm³/mol. The summed E-state index contributed by atoms with van der Waals surface area (Å²) in [5.41, 5.74) is 0. The molecule has 0 fully saturated rings. The number of hydrogen-bond donors (Lipinski definition) is 0. The maximum absolute atomic E-state index is 5.88. The zero-order valence-electron chi connectivity index (χ0n) is 8.16. The second-order valence-electron chi connectivity index (χ2n) is 3.12. The SMILES string of the molecule is Cc1nccc(N(C)CC(C)Cl)n1. The molecule has 0 aliphatic rings. The fraction of sp³-hybridized carbons (Fsp3) is 0.556. The number of aryl methyl sites for hydroxylation is 1. The third-order valence-electron chi connectivity index (χ3n) is 1.68. The second-order valence-corrected chi connectivity index (χ2v) is 3.87. The lowest BCUT2D eigenvalue weighted by atomic mass is 10.4. The topological polar surface area (TPSA) is 29.0 Å². The molecule has 1 heterocycles. The molecule has 1 atom stereocenters. The quantitative estimate of drug-likeness (QED) is 0.696. The van der Waals surface area contributed by atoms with E-state index in [1.165, 1.54) is 0 Å². The Hall–Kier alpha value is -0.830. The zero-order chi connectivity index (χ0) is 9.84. The molecular weight excluding hydrogens is 186 g/mol. The fourth-order valence-corrected chi connectivity index (χ4v) is 1.33. The third kappa shape index (κ3) is 3.19. The normalized spacial score (nSPS) is 12.6. The summed E-state index contributed by atoms with van der Waals surface area (Å²) in [6.45, 7) is 4.63. The Balaban J connectivity index is 2.71. The fourth-order valence-electron chi connectivity index (χ4n) is 1.13. The molecule has 0 bridgehead atoms. The first-order valence-electron chi connectivity index (χ1n) is 4.24. The van der Waals surface area contributed by atoms with Crippen molar-refractivity contribution in [3.05, 3.63) is 18.1 Å². The molecule has 0 aromatic carbocycles. The summed E-state index contributed by atoms with van der Waals surface area (Å²) >= 11 is 5.88. The molecule has 72 valence electrons. The molecule has 1 unspecified atom stereocenters. The molecule has 0 saturated carbocycles. The van der Waals surface area contributed by atoms with Crippen molar-refractivity contribution < 1.29 is 0 Å². The van der Waals surface area contributed by atoms with Crippen molar-refractivity contribution in [2.75, 3.05) is 18.5 Å². The summed E-state index contributed by atoms with van der Waals surface area (Å²) in [5.74, 6) is 1.70. The smallest absolute Gasteiger partial charge is 0.132 e. The summed E-state index contributed by atoms with van der Waals surface area (Å²) in [7, 11) is 1.97. The highest BCUT2D eigenvalue weighted by Crippen LogP contribution is 2.09. The molecule has 1 rings (SSSR count). The van der Waals surface area contributed by atoms with Crippen LogP contribution >= 0.6 is 11.6 Å². The molecule has 3 nitrogen and oxygen atoms in total. The first-order chi connectivity index (χ1) is 6.09. The van der Waals surface area contributed by atoms with E-state index in [2.05, 4.69) is 9.97 Å². The minimum absolute atomic E-state index is 0.125. The van der Waals surface area contributed by atoms with Crippen molar-refractivity contribution in [3.63, 3.8) is 0 Å². The number of rotatable bonds is 3. The summed E-state index contributed by atoms with van der Waals surface area (Å²) in [6.07, 6.45) is 1.76. The molecule has 0 aliphatic heterocycles. The van der Waals surface area contributed by atoms with Crippen molar-refractivity contribution in [1.29, 1.82) is 0 Å². The number of halogens is 1. The molecule has 4 heteroatoms. The lowest BCUT2D eigenvalue weighted by Crippen LogP contribution is -2.25. The van der Waals surface area contributed by atoms with Gasteiger partial charge in [-0.2, -0.15) is 0 Å². The highest BCUT2D eigenvalue weighted by molar-refractivity contribution is 6.20. The number of anilines is 1.